The zero-order valence-electron chi connectivity index (χ0n) is 11.0. The van der Waals surface area contributed by atoms with Crippen LogP contribution in [0.1, 0.15) is 30.5 Å². The van der Waals surface area contributed by atoms with Gasteiger partial charge >= 0.3 is 0 Å². The van der Waals surface area contributed by atoms with Crippen LogP contribution in [-0.4, -0.2) is 47.1 Å². The minimum atomic E-state index is 0. The summed E-state index contributed by atoms with van der Waals surface area (Å²) in [5, 5.41) is 6.96. The molecule has 3 heterocycles. The number of aromatic nitrogens is 2. The molecular weight excluding hydrogens is 268 g/mol. The molecule has 0 bridgehead atoms. The van der Waals surface area contributed by atoms with Gasteiger partial charge in [0.2, 0.25) is 11.8 Å². The first-order valence-corrected chi connectivity index (χ1v) is 6.54. The highest BCUT2D eigenvalue weighted by atomic mass is 35.5. The molecule has 106 valence electrons. The Balaban J connectivity index is 0.00000133. The maximum absolute atomic E-state index is 12.1. The molecule has 19 heavy (non-hydrogen) atoms. The lowest BCUT2D eigenvalue weighted by Gasteiger charge is -2.36. The number of nitrogens with one attached hydrogen (secondary N) is 1. The van der Waals surface area contributed by atoms with Crippen molar-refractivity contribution in [1.29, 1.82) is 0 Å². The third-order valence-corrected chi connectivity index (χ3v) is 3.83. The fraction of sp³-hybridized carbons (Fsp3) is 0.750. The molecule has 1 amide bonds. The van der Waals surface area contributed by atoms with E-state index in [0.717, 1.165) is 44.9 Å². The maximum atomic E-state index is 12.1. The number of carbonyl (C=O) groups is 1. The van der Waals surface area contributed by atoms with Gasteiger partial charge in [0, 0.05) is 32.1 Å². The highest BCUT2D eigenvalue weighted by Crippen LogP contribution is 2.27. The van der Waals surface area contributed by atoms with E-state index in [9.17, 15) is 4.79 Å². The molecule has 0 atom stereocenters. The highest BCUT2D eigenvalue weighted by Gasteiger charge is 2.32. The van der Waals surface area contributed by atoms with Crippen LogP contribution in [0.4, 0.5) is 0 Å². The van der Waals surface area contributed by atoms with E-state index in [2.05, 4.69) is 15.5 Å². The van der Waals surface area contributed by atoms with Crippen molar-refractivity contribution in [2.24, 2.45) is 5.92 Å². The van der Waals surface area contributed by atoms with E-state index in [4.69, 9.17) is 4.52 Å². The summed E-state index contributed by atoms with van der Waals surface area (Å²) in [6.45, 7) is 5.11. The Morgan fingerprint density at radius 1 is 1.37 bits per heavy atom. The molecule has 1 aromatic rings. The molecule has 0 saturated carbocycles. The van der Waals surface area contributed by atoms with Gasteiger partial charge < -0.3 is 14.7 Å². The number of rotatable bonds is 2. The second-order valence-corrected chi connectivity index (χ2v) is 5.13. The Kier molecular flexibility index (Phi) is 4.42. The number of halogens is 1. The number of piperidine rings is 1. The van der Waals surface area contributed by atoms with E-state index in [1.165, 1.54) is 0 Å². The van der Waals surface area contributed by atoms with E-state index in [0.29, 0.717) is 17.6 Å². The average molecular weight is 287 g/mol. The normalized spacial score (nSPS) is 20.8. The van der Waals surface area contributed by atoms with Gasteiger partial charge in [-0.25, -0.2) is 0 Å². The Hall–Kier alpha value is -1.14. The van der Waals surface area contributed by atoms with Gasteiger partial charge in [-0.2, -0.15) is 4.98 Å². The van der Waals surface area contributed by atoms with E-state index >= 15 is 0 Å². The molecule has 0 unspecified atom stereocenters. The maximum Gasteiger partial charge on any atom is 0.229 e. The van der Waals surface area contributed by atoms with Crippen LogP contribution in [0.5, 0.6) is 0 Å². The molecule has 2 fully saturated rings. The van der Waals surface area contributed by atoms with Crippen molar-refractivity contribution in [2.45, 2.75) is 25.7 Å². The lowest BCUT2D eigenvalue weighted by atomic mass is 9.94. The molecule has 0 aliphatic carbocycles. The van der Waals surface area contributed by atoms with Crippen LogP contribution in [0, 0.1) is 12.8 Å². The first-order valence-electron chi connectivity index (χ1n) is 6.54. The smallest absolute Gasteiger partial charge is 0.229 e. The Morgan fingerprint density at radius 3 is 2.53 bits per heavy atom. The summed E-state index contributed by atoms with van der Waals surface area (Å²) in [6, 6.07) is 0. The molecule has 0 spiro atoms. The minimum absolute atomic E-state index is 0. The summed E-state index contributed by atoms with van der Waals surface area (Å²) in [4.78, 5) is 18.3. The molecule has 0 aromatic carbocycles. The minimum Gasteiger partial charge on any atom is -0.342 e. The van der Waals surface area contributed by atoms with Gasteiger partial charge in [0.05, 0.1) is 5.92 Å². The molecule has 1 aromatic heterocycles. The molecule has 2 aliphatic rings. The molecular formula is C12H19ClN4O2. The zero-order chi connectivity index (χ0) is 12.5. The van der Waals surface area contributed by atoms with Gasteiger partial charge in [-0.05, 0) is 19.8 Å². The summed E-state index contributed by atoms with van der Waals surface area (Å²) in [5.41, 5.74) is 0. The molecule has 1 N–H and O–H groups in total. The highest BCUT2D eigenvalue weighted by molar-refractivity contribution is 5.85. The standard InChI is InChI=1S/C12H18N4O2.ClH/c1-8-14-11(18-15-8)9-2-4-16(5-3-9)12(17)10-6-13-7-10;/h9-10,13H,2-7H2,1H3;1H. The lowest BCUT2D eigenvalue weighted by molar-refractivity contribution is -0.138. The van der Waals surface area contributed by atoms with Crippen molar-refractivity contribution >= 4 is 18.3 Å². The summed E-state index contributed by atoms with van der Waals surface area (Å²) in [7, 11) is 0. The fourth-order valence-electron chi connectivity index (χ4n) is 2.55. The van der Waals surface area contributed by atoms with Crippen molar-refractivity contribution < 1.29 is 9.32 Å². The fourth-order valence-corrected chi connectivity index (χ4v) is 2.55. The van der Waals surface area contributed by atoms with Crippen molar-refractivity contribution in [1.82, 2.24) is 20.4 Å². The largest absolute Gasteiger partial charge is 0.342 e. The molecule has 6 nitrogen and oxygen atoms in total. The molecule has 2 aliphatic heterocycles. The molecule has 2 saturated heterocycles. The number of hydrogen-bond acceptors (Lipinski definition) is 5. The number of carbonyl (C=O) groups excluding carboxylic acids is 1. The topological polar surface area (TPSA) is 71.3 Å². The van der Waals surface area contributed by atoms with Crippen LogP contribution in [0.3, 0.4) is 0 Å². The Morgan fingerprint density at radius 2 is 2.05 bits per heavy atom. The summed E-state index contributed by atoms with van der Waals surface area (Å²) in [5.74, 6) is 2.23. The van der Waals surface area contributed by atoms with Crippen LogP contribution in [-0.2, 0) is 4.79 Å². The van der Waals surface area contributed by atoms with Crippen LogP contribution in [0.25, 0.3) is 0 Å². The number of aryl methyl sites for hydroxylation is 1. The van der Waals surface area contributed by atoms with Crippen LogP contribution in [0.15, 0.2) is 4.52 Å². The van der Waals surface area contributed by atoms with Crippen molar-refractivity contribution in [3.05, 3.63) is 11.7 Å². The predicted molar refractivity (Wildman–Crippen MR) is 71.2 cm³/mol. The summed E-state index contributed by atoms with van der Waals surface area (Å²) >= 11 is 0. The third-order valence-electron chi connectivity index (χ3n) is 3.83. The van der Waals surface area contributed by atoms with E-state index in [-0.39, 0.29) is 18.3 Å². The third kappa shape index (κ3) is 2.90. The first-order chi connectivity index (χ1) is 8.74. The average Bonchev–Trinajstić information content (AvgIpc) is 2.74. The van der Waals surface area contributed by atoms with Gasteiger partial charge in [-0.15, -0.1) is 12.4 Å². The molecule has 0 radical (unpaired) electrons. The first kappa shape index (κ1) is 14.3. The van der Waals surface area contributed by atoms with Gasteiger partial charge in [0.1, 0.15) is 0 Å². The Bertz CT molecular complexity index is 439. The van der Waals surface area contributed by atoms with Gasteiger partial charge in [-0.3, -0.25) is 4.79 Å². The van der Waals surface area contributed by atoms with Crippen LogP contribution in [0.2, 0.25) is 0 Å². The SMILES string of the molecule is Cc1noc(C2CCN(C(=O)C3CNC3)CC2)n1.Cl. The lowest BCUT2D eigenvalue weighted by Crippen LogP contribution is -2.53. The van der Waals surface area contributed by atoms with Crippen molar-refractivity contribution in [3.8, 4) is 0 Å². The zero-order valence-corrected chi connectivity index (χ0v) is 11.8. The van der Waals surface area contributed by atoms with Crippen molar-refractivity contribution in [2.75, 3.05) is 26.2 Å². The van der Waals surface area contributed by atoms with E-state index in [1.54, 1.807) is 0 Å². The van der Waals surface area contributed by atoms with Crippen LogP contribution < -0.4 is 5.32 Å². The number of amides is 1. The van der Waals surface area contributed by atoms with E-state index in [1.807, 2.05) is 11.8 Å². The number of likely N-dealkylation sites (tertiary alicyclic amines) is 1. The van der Waals surface area contributed by atoms with Gasteiger partial charge in [-0.1, -0.05) is 5.16 Å². The Labute approximate surface area is 118 Å². The van der Waals surface area contributed by atoms with Crippen molar-refractivity contribution in [3.63, 3.8) is 0 Å². The number of hydrogen-bond donors (Lipinski definition) is 1. The quantitative estimate of drug-likeness (QED) is 0.868. The second kappa shape index (κ2) is 5.88. The van der Waals surface area contributed by atoms with Crippen LogP contribution >= 0.6 is 12.4 Å². The summed E-state index contributed by atoms with van der Waals surface area (Å²) < 4.78 is 5.20. The van der Waals surface area contributed by atoms with E-state index < -0.39 is 0 Å². The number of nitrogens with zero attached hydrogens (tertiary/aromatic N) is 3. The molecule has 7 heteroatoms. The monoisotopic (exact) mass is 286 g/mol. The predicted octanol–water partition coefficient (Wildman–Crippen LogP) is 0.725. The molecule has 3 rings (SSSR count). The second-order valence-electron chi connectivity index (χ2n) is 5.13. The van der Waals surface area contributed by atoms with Gasteiger partial charge in [0.15, 0.2) is 5.82 Å². The van der Waals surface area contributed by atoms with Gasteiger partial charge in [0.25, 0.3) is 0 Å². The summed E-state index contributed by atoms with van der Waals surface area (Å²) in [6.07, 6.45) is 1.85.